The Morgan fingerprint density at radius 2 is 1.72 bits per heavy atom. The van der Waals surface area contributed by atoms with E-state index in [0.717, 1.165) is 51.3 Å². The van der Waals surface area contributed by atoms with Crippen LogP contribution in [0.5, 0.6) is 5.75 Å². The zero-order chi connectivity index (χ0) is 20.3. The van der Waals surface area contributed by atoms with Crippen molar-refractivity contribution in [1.82, 2.24) is 4.90 Å². The van der Waals surface area contributed by atoms with Gasteiger partial charge in [-0.25, -0.2) is 0 Å². The highest BCUT2D eigenvalue weighted by molar-refractivity contribution is 5.34. The minimum Gasteiger partial charge on any atom is -0.493 e. The first-order valence-corrected chi connectivity index (χ1v) is 11.4. The molecule has 3 heteroatoms. The molecule has 1 aliphatic heterocycles. The van der Waals surface area contributed by atoms with E-state index in [1.54, 1.807) is 0 Å². The SMILES string of the molecule is CCCCCCCOc1ccccc1CC1CN(Cc2ccccc2)CCC1O. The van der Waals surface area contributed by atoms with Crippen LogP contribution in [0.3, 0.4) is 0 Å². The number of unbranched alkanes of at least 4 members (excludes halogenated alkanes) is 4. The monoisotopic (exact) mass is 395 g/mol. The Bertz CT molecular complexity index is 703. The topological polar surface area (TPSA) is 32.7 Å². The average molecular weight is 396 g/mol. The van der Waals surface area contributed by atoms with Gasteiger partial charge in [0, 0.05) is 25.6 Å². The number of hydrogen-bond donors (Lipinski definition) is 1. The molecule has 1 heterocycles. The summed E-state index contributed by atoms with van der Waals surface area (Å²) in [5.41, 5.74) is 2.57. The number of rotatable bonds is 11. The molecule has 29 heavy (non-hydrogen) atoms. The number of para-hydroxylation sites is 1. The molecule has 0 radical (unpaired) electrons. The summed E-state index contributed by atoms with van der Waals surface area (Å²) in [6.45, 7) is 5.88. The van der Waals surface area contributed by atoms with E-state index < -0.39 is 0 Å². The molecule has 158 valence electrons. The Hall–Kier alpha value is -1.84. The van der Waals surface area contributed by atoms with Crippen LogP contribution in [0.1, 0.15) is 56.6 Å². The molecule has 1 saturated heterocycles. The molecule has 1 N–H and O–H groups in total. The van der Waals surface area contributed by atoms with E-state index in [-0.39, 0.29) is 12.0 Å². The van der Waals surface area contributed by atoms with Gasteiger partial charge in [-0.1, -0.05) is 81.1 Å². The van der Waals surface area contributed by atoms with Crippen molar-refractivity contribution in [2.24, 2.45) is 5.92 Å². The predicted octanol–water partition coefficient (Wildman–Crippen LogP) is 5.46. The summed E-state index contributed by atoms with van der Waals surface area (Å²) in [6, 6.07) is 19.0. The molecule has 3 nitrogen and oxygen atoms in total. The van der Waals surface area contributed by atoms with Crippen molar-refractivity contribution in [2.45, 2.75) is 64.5 Å². The number of ether oxygens (including phenoxy) is 1. The highest BCUT2D eigenvalue weighted by Gasteiger charge is 2.28. The van der Waals surface area contributed by atoms with Crippen LogP contribution in [-0.2, 0) is 13.0 Å². The third-order valence-electron chi connectivity index (χ3n) is 5.99. The molecule has 1 fully saturated rings. The lowest BCUT2D eigenvalue weighted by Gasteiger charge is -2.36. The van der Waals surface area contributed by atoms with Gasteiger partial charge in [-0.05, 0) is 36.5 Å². The molecule has 0 amide bonds. The quantitative estimate of drug-likeness (QED) is 0.513. The average Bonchev–Trinajstić information content (AvgIpc) is 2.75. The van der Waals surface area contributed by atoms with Crippen molar-refractivity contribution < 1.29 is 9.84 Å². The summed E-state index contributed by atoms with van der Waals surface area (Å²) < 4.78 is 6.12. The zero-order valence-electron chi connectivity index (χ0n) is 17.9. The smallest absolute Gasteiger partial charge is 0.122 e. The third kappa shape index (κ3) is 7.17. The van der Waals surface area contributed by atoms with Crippen molar-refractivity contribution in [3.05, 3.63) is 65.7 Å². The lowest BCUT2D eigenvalue weighted by Crippen LogP contribution is -2.43. The van der Waals surface area contributed by atoms with Crippen LogP contribution >= 0.6 is 0 Å². The molecule has 2 aromatic carbocycles. The molecule has 2 aromatic rings. The van der Waals surface area contributed by atoms with E-state index in [0.29, 0.717) is 0 Å². The van der Waals surface area contributed by atoms with Crippen LogP contribution in [-0.4, -0.2) is 35.8 Å². The fourth-order valence-electron chi connectivity index (χ4n) is 4.26. The van der Waals surface area contributed by atoms with Crippen LogP contribution in [0.15, 0.2) is 54.6 Å². The first kappa shape index (κ1) is 21.9. The second-order valence-electron chi connectivity index (χ2n) is 8.41. The molecule has 0 spiro atoms. The lowest BCUT2D eigenvalue weighted by molar-refractivity contribution is 0.0237. The standard InChI is InChI=1S/C26H37NO2/c1-2-3-4-5-11-18-29-26-15-10-9-14-23(26)19-24-21-27(17-16-25(24)28)20-22-12-7-6-8-13-22/h6-10,12-15,24-25,28H,2-5,11,16-21H2,1H3. The maximum absolute atomic E-state index is 10.6. The second kappa shape index (κ2) is 12.0. The van der Waals surface area contributed by atoms with Crippen molar-refractivity contribution in [1.29, 1.82) is 0 Å². The maximum atomic E-state index is 10.6. The van der Waals surface area contributed by atoms with Gasteiger partial charge in [0.05, 0.1) is 12.7 Å². The molecular formula is C26H37NO2. The lowest BCUT2D eigenvalue weighted by atomic mass is 9.88. The molecule has 0 saturated carbocycles. The summed E-state index contributed by atoms with van der Waals surface area (Å²) in [4.78, 5) is 2.48. The normalized spacial score (nSPS) is 19.9. The van der Waals surface area contributed by atoms with E-state index in [4.69, 9.17) is 4.74 Å². The van der Waals surface area contributed by atoms with Gasteiger partial charge in [0.2, 0.25) is 0 Å². The Morgan fingerprint density at radius 1 is 0.966 bits per heavy atom. The van der Waals surface area contributed by atoms with Gasteiger partial charge in [0.15, 0.2) is 0 Å². The highest BCUT2D eigenvalue weighted by Crippen LogP contribution is 2.27. The fourth-order valence-corrected chi connectivity index (χ4v) is 4.26. The van der Waals surface area contributed by atoms with Gasteiger partial charge >= 0.3 is 0 Å². The Morgan fingerprint density at radius 3 is 2.55 bits per heavy atom. The molecule has 0 aliphatic carbocycles. The van der Waals surface area contributed by atoms with E-state index in [1.165, 1.54) is 36.8 Å². The number of aliphatic hydroxyl groups is 1. The third-order valence-corrected chi connectivity index (χ3v) is 5.99. The first-order valence-electron chi connectivity index (χ1n) is 11.4. The summed E-state index contributed by atoms with van der Waals surface area (Å²) in [6.07, 6.45) is 7.73. The Kier molecular flexibility index (Phi) is 9.04. The van der Waals surface area contributed by atoms with Gasteiger partial charge in [-0.2, -0.15) is 0 Å². The summed E-state index contributed by atoms with van der Waals surface area (Å²) >= 11 is 0. The first-order chi connectivity index (χ1) is 14.3. The van der Waals surface area contributed by atoms with Crippen LogP contribution < -0.4 is 4.74 Å². The van der Waals surface area contributed by atoms with E-state index in [9.17, 15) is 5.11 Å². The fraction of sp³-hybridized carbons (Fsp3) is 0.538. The van der Waals surface area contributed by atoms with Gasteiger partial charge in [-0.15, -0.1) is 0 Å². The van der Waals surface area contributed by atoms with Crippen LogP contribution in [0, 0.1) is 5.92 Å². The van der Waals surface area contributed by atoms with Crippen molar-refractivity contribution >= 4 is 0 Å². The molecule has 3 rings (SSSR count). The van der Waals surface area contributed by atoms with E-state index in [1.807, 2.05) is 0 Å². The molecule has 0 bridgehead atoms. The number of piperidine rings is 1. The molecule has 2 atom stereocenters. The zero-order valence-corrected chi connectivity index (χ0v) is 17.9. The van der Waals surface area contributed by atoms with Crippen LogP contribution in [0.4, 0.5) is 0 Å². The Labute approximate surface area is 176 Å². The van der Waals surface area contributed by atoms with Crippen molar-refractivity contribution in [2.75, 3.05) is 19.7 Å². The van der Waals surface area contributed by atoms with E-state index in [2.05, 4.69) is 66.4 Å². The van der Waals surface area contributed by atoms with Crippen LogP contribution in [0.2, 0.25) is 0 Å². The van der Waals surface area contributed by atoms with Gasteiger partial charge in [0.25, 0.3) is 0 Å². The molecule has 1 aliphatic rings. The maximum Gasteiger partial charge on any atom is 0.122 e. The van der Waals surface area contributed by atoms with Gasteiger partial charge in [-0.3, -0.25) is 4.90 Å². The number of benzene rings is 2. The number of hydrogen-bond acceptors (Lipinski definition) is 3. The van der Waals surface area contributed by atoms with Crippen molar-refractivity contribution in [3.63, 3.8) is 0 Å². The minimum absolute atomic E-state index is 0.232. The van der Waals surface area contributed by atoms with Gasteiger partial charge < -0.3 is 9.84 Å². The molecule has 0 aromatic heterocycles. The summed E-state index contributed by atoms with van der Waals surface area (Å²) in [7, 11) is 0. The highest BCUT2D eigenvalue weighted by atomic mass is 16.5. The second-order valence-corrected chi connectivity index (χ2v) is 8.41. The van der Waals surface area contributed by atoms with Crippen LogP contribution in [0.25, 0.3) is 0 Å². The molecular weight excluding hydrogens is 358 g/mol. The number of nitrogens with zero attached hydrogens (tertiary/aromatic N) is 1. The largest absolute Gasteiger partial charge is 0.493 e. The predicted molar refractivity (Wildman–Crippen MR) is 120 cm³/mol. The summed E-state index contributed by atoms with van der Waals surface area (Å²) in [5.74, 6) is 1.25. The van der Waals surface area contributed by atoms with E-state index >= 15 is 0 Å². The summed E-state index contributed by atoms with van der Waals surface area (Å²) in [5, 5.41) is 10.6. The Balaban J connectivity index is 1.53. The number of likely N-dealkylation sites (tertiary alicyclic amines) is 1. The van der Waals surface area contributed by atoms with Gasteiger partial charge in [0.1, 0.15) is 5.75 Å². The number of aliphatic hydroxyl groups excluding tert-OH is 1. The molecule has 2 unspecified atom stereocenters. The minimum atomic E-state index is -0.232. The van der Waals surface area contributed by atoms with Crippen molar-refractivity contribution in [3.8, 4) is 5.75 Å².